The van der Waals surface area contributed by atoms with E-state index in [0.29, 0.717) is 11.7 Å². The van der Waals surface area contributed by atoms with Gasteiger partial charge in [0, 0.05) is 11.4 Å². The van der Waals surface area contributed by atoms with Gasteiger partial charge in [0.2, 0.25) is 11.8 Å². The number of halogens is 1. The first kappa shape index (κ1) is 15.9. The summed E-state index contributed by atoms with van der Waals surface area (Å²) in [5.74, 6) is -0.507. The molecule has 1 aromatic rings. The van der Waals surface area contributed by atoms with Crippen molar-refractivity contribution in [1.29, 1.82) is 0 Å². The summed E-state index contributed by atoms with van der Waals surface area (Å²) in [5, 5.41) is 2.62. The largest absolute Gasteiger partial charge is 0.332 e. The fraction of sp³-hybridized carbons (Fsp3) is 0.583. The quantitative estimate of drug-likeness (QED) is 0.848. The molecule has 5 nitrogen and oxygen atoms in total. The molecule has 1 unspecified atom stereocenters. The summed E-state index contributed by atoms with van der Waals surface area (Å²) < 4.78 is 0. The number of hydrogen-bond acceptors (Lipinski definition) is 4. The van der Waals surface area contributed by atoms with E-state index in [1.807, 2.05) is 20.8 Å². The second kappa shape index (κ2) is 6.86. The second-order valence-corrected chi connectivity index (χ2v) is 6.04. The summed E-state index contributed by atoms with van der Waals surface area (Å²) in [4.78, 5) is 30.3. The van der Waals surface area contributed by atoms with Crippen molar-refractivity contribution in [2.24, 2.45) is 0 Å². The molecule has 0 aromatic carbocycles. The number of likely N-dealkylation sites (N-methyl/N-ethyl adjacent to an activating group) is 1. The van der Waals surface area contributed by atoms with Crippen LogP contribution >= 0.6 is 22.9 Å². The molecule has 2 amide bonds. The number of amides is 2. The number of carbonyl (C=O) groups is 2. The Morgan fingerprint density at radius 3 is 2.53 bits per heavy atom. The van der Waals surface area contributed by atoms with E-state index in [1.54, 1.807) is 6.92 Å². The molecule has 1 atom stereocenters. The molecule has 0 fully saturated rings. The summed E-state index contributed by atoms with van der Waals surface area (Å²) in [7, 11) is 0. The third-order valence-corrected chi connectivity index (χ3v) is 3.82. The number of aromatic nitrogens is 1. The molecule has 1 N–H and O–H groups in total. The van der Waals surface area contributed by atoms with Crippen LogP contribution in [-0.2, 0) is 9.59 Å². The first-order chi connectivity index (χ1) is 8.85. The molecule has 0 saturated heterocycles. The SMILES string of the molecule is CCN(CC(=O)Nc1nc(C)c(C)s1)C(=O)C(C)Cl. The van der Waals surface area contributed by atoms with Gasteiger partial charge in [0.05, 0.1) is 12.2 Å². The number of thiazole rings is 1. The van der Waals surface area contributed by atoms with E-state index in [2.05, 4.69) is 10.3 Å². The van der Waals surface area contributed by atoms with E-state index in [4.69, 9.17) is 11.6 Å². The zero-order valence-corrected chi connectivity index (χ0v) is 13.1. The molecule has 106 valence electrons. The predicted molar refractivity (Wildman–Crippen MR) is 77.8 cm³/mol. The second-order valence-electron chi connectivity index (χ2n) is 4.18. The van der Waals surface area contributed by atoms with Gasteiger partial charge in [-0.05, 0) is 27.7 Å². The lowest BCUT2D eigenvalue weighted by Gasteiger charge is -2.21. The Hall–Kier alpha value is -1.14. The molecule has 7 heteroatoms. The van der Waals surface area contributed by atoms with Gasteiger partial charge in [-0.1, -0.05) is 0 Å². The van der Waals surface area contributed by atoms with Crippen LogP contribution in [0.5, 0.6) is 0 Å². The fourth-order valence-electron chi connectivity index (χ4n) is 1.46. The van der Waals surface area contributed by atoms with Gasteiger partial charge in [-0.3, -0.25) is 9.59 Å². The highest BCUT2D eigenvalue weighted by atomic mass is 35.5. The van der Waals surface area contributed by atoms with Crippen LogP contribution < -0.4 is 5.32 Å². The number of alkyl halides is 1. The molecule has 0 bridgehead atoms. The molecule has 0 spiro atoms. The molecular formula is C12H18ClN3O2S. The Morgan fingerprint density at radius 2 is 2.11 bits per heavy atom. The van der Waals surface area contributed by atoms with Crippen molar-refractivity contribution in [2.75, 3.05) is 18.4 Å². The summed E-state index contributed by atoms with van der Waals surface area (Å²) in [6.45, 7) is 7.67. The third-order valence-electron chi connectivity index (χ3n) is 2.64. The molecule has 0 aliphatic heterocycles. The van der Waals surface area contributed by atoms with Crippen molar-refractivity contribution < 1.29 is 9.59 Å². The Morgan fingerprint density at radius 1 is 1.47 bits per heavy atom. The van der Waals surface area contributed by atoms with Crippen molar-refractivity contribution in [2.45, 2.75) is 33.1 Å². The number of nitrogens with zero attached hydrogens (tertiary/aromatic N) is 2. The molecule has 19 heavy (non-hydrogen) atoms. The molecule has 0 aliphatic rings. The van der Waals surface area contributed by atoms with Crippen molar-refractivity contribution >= 4 is 39.9 Å². The predicted octanol–water partition coefficient (Wildman–Crippen LogP) is 2.17. The van der Waals surface area contributed by atoms with Crippen LogP contribution in [0, 0.1) is 13.8 Å². The first-order valence-electron chi connectivity index (χ1n) is 6.01. The van der Waals surface area contributed by atoms with Gasteiger partial charge in [-0.25, -0.2) is 4.98 Å². The highest BCUT2D eigenvalue weighted by Gasteiger charge is 2.20. The highest BCUT2D eigenvalue weighted by Crippen LogP contribution is 2.20. The Labute approximate surface area is 122 Å². The molecule has 0 aliphatic carbocycles. The number of carbonyl (C=O) groups excluding carboxylic acids is 2. The number of aryl methyl sites for hydroxylation is 2. The first-order valence-corrected chi connectivity index (χ1v) is 7.27. The van der Waals surface area contributed by atoms with Gasteiger partial charge >= 0.3 is 0 Å². The van der Waals surface area contributed by atoms with E-state index >= 15 is 0 Å². The highest BCUT2D eigenvalue weighted by molar-refractivity contribution is 7.15. The van der Waals surface area contributed by atoms with Crippen LogP contribution in [0.4, 0.5) is 5.13 Å². The Balaban J connectivity index is 2.61. The van der Waals surface area contributed by atoms with E-state index in [1.165, 1.54) is 16.2 Å². The van der Waals surface area contributed by atoms with Crippen LogP contribution in [0.15, 0.2) is 0 Å². The monoisotopic (exact) mass is 303 g/mol. The average molecular weight is 304 g/mol. The fourth-order valence-corrected chi connectivity index (χ4v) is 2.42. The number of anilines is 1. The van der Waals surface area contributed by atoms with Crippen molar-refractivity contribution in [3.05, 3.63) is 10.6 Å². The van der Waals surface area contributed by atoms with Gasteiger partial charge in [0.25, 0.3) is 0 Å². The van der Waals surface area contributed by atoms with Crippen LogP contribution in [-0.4, -0.2) is 40.2 Å². The summed E-state index contributed by atoms with van der Waals surface area (Å²) >= 11 is 7.16. The lowest BCUT2D eigenvalue weighted by atomic mass is 10.3. The van der Waals surface area contributed by atoms with Crippen LogP contribution in [0.1, 0.15) is 24.4 Å². The van der Waals surface area contributed by atoms with E-state index < -0.39 is 5.38 Å². The topological polar surface area (TPSA) is 62.3 Å². The minimum absolute atomic E-state index is 0.00985. The average Bonchev–Trinajstić information content (AvgIpc) is 2.64. The number of nitrogens with one attached hydrogen (secondary N) is 1. The standard InChI is InChI=1S/C12H18ClN3O2S/c1-5-16(11(18)7(2)13)6-10(17)15-12-14-8(3)9(4)19-12/h7H,5-6H2,1-4H3,(H,14,15,17). The summed E-state index contributed by atoms with van der Waals surface area (Å²) in [6.07, 6.45) is 0. The van der Waals surface area contributed by atoms with Crippen LogP contribution in [0.25, 0.3) is 0 Å². The van der Waals surface area contributed by atoms with Crippen molar-refractivity contribution in [3.63, 3.8) is 0 Å². The third kappa shape index (κ3) is 4.47. The maximum atomic E-state index is 11.8. The van der Waals surface area contributed by atoms with E-state index in [-0.39, 0.29) is 18.4 Å². The number of rotatable bonds is 5. The molecule has 1 heterocycles. The molecule has 1 rings (SSSR count). The van der Waals surface area contributed by atoms with Crippen molar-refractivity contribution in [3.8, 4) is 0 Å². The Kier molecular flexibility index (Phi) is 5.75. The van der Waals surface area contributed by atoms with E-state index in [0.717, 1.165) is 10.6 Å². The lowest BCUT2D eigenvalue weighted by Crippen LogP contribution is -2.41. The number of hydrogen-bond donors (Lipinski definition) is 1. The van der Waals surface area contributed by atoms with Gasteiger partial charge in [-0.2, -0.15) is 0 Å². The zero-order chi connectivity index (χ0) is 14.6. The molecular weight excluding hydrogens is 286 g/mol. The Bertz CT molecular complexity index is 454. The zero-order valence-electron chi connectivity index (χ0n) is 11.5. The molecule has 0 radical (unpaired) electrons. The molecule has 1 aromatic heterocycles. The van der Waals surface area contributed by atoms with Gasteiger partial charge in [-0.15, -0.1) is 22.9 Å². The van der Waals surface area contributed by atoms with Gasteiger partial charge < -0.3 is 10.2 Å². The summed E-state index contributed by atoms with van der Waals surface area (Å²) in [6, 6.07) is 0. The van der Waals surface area contributed by atoms with Crippen molar-refractivity contribution in [1.82, 2.24) is 9.88 Å². The normalized spacial score (nSPS) is 12.1. The maximum Gasteiger partial charge on any atom is 0.245 e. The summed E-state index contributed by atoms with van der Waals surface area (Å²) in [5.41, 5.74) is 0.901. The minimum atomic E-state index is -0.628. The maximum absolute atomic E-state index is 11.8. The molecule has 0 saturated carbocycles. The van der Waals surface area contributed by atoms with Gasteiger partial charge in [0.1, 0.15) is 5.38 Å². The minimum Gasteiger partial charge on any atom is -0.332 e. The smallest absolute Gasteiger partial charge is 0.245 e. The van der Waals surface area contributed by atoms with Gasteiger partial charge in [0.15, 0.2) is 5.13 Å². The van der Waals surface area contributed by atoms with E-state index in [9.17, 15) is 9.59 Å². The van der Waals surface area contributed by atoms with Crippen LogP contribution in [0.2, 0.25) is 0 Å². The lowest BCUT2D eigenvalue weighted by molar-refractivity contribution is -0.133. The van der Waals surface area contributed by atoms with Crippen LogP contribution in [0.3, 0.4) is 0 Å².